The standard InChI is InChI=1S/C8H3ClF2N2/c9-8-7-4(3-12-13-8)5(10)1-2-6(7)11/h1-3H. The largest absolute Gasteiger partial charge is 0.206 e. The first-order valence-corrected chi connectivity index (χ1v) is 3.83. The number of hydrogen-bond acceptors (Lipinski definition) is 2. The van der Waals surface area contributed by atoms with Gasteiger partial charge in [0.2, 0.25) is 0 Å². The Hall–Kier alpha value is -1.29. The van der Waals surface area contributed by atoms with Crippen LogP contribution in [0.3, 0.4) is 0 Å². The molecule has 1 aromatic heterocycles. The first-order chi connectivity index (χ1) is 6.20. The lowest BCUT2D eigenvalue weighted by molar-refractivity contribution is 0.616. The van der Waals surface area contributed by atoms with E-state index in [9.17, 15) is 8.78 Å². The van der Waals surface area contributed by atoms with Crippen LogP contribution >= 0.6 is 11.6 Å². The third-order valence-electron chi connectivity index (χ3n) is 1.68. The van der Waals surface area contributed by atoms with Crippen LogP contribution in [0.5, 0.6) is 0 Å². The van der Waals surface area contributed by atoms with E-state index in [-0.39, 0.29) is 15.9 Å². The van der Waals surface area contributed by atoms with E-state index in [1.54, 1.807) is 0 Å². The monoisotopic (exact) mass is 200 g/mol. The normalized spacial score (nSPS) is 10.7. The molecule has 13 heavy (non-hydrogen) atoms. The van der Waals surface area contributed by atoms with Crippen LogP contribution in [0.15, 0.2) is 18.3 Å². The molecule has 1 heterocycles. The maximum atomic E-state index is 13.1. The highest BCUT2D eigenvalue weighted by molar-refractivity contribution is 6.34. The van der Waals surface area contributed by atoms with Gasteiger partial charge in [-0.05, 0) is 12.1 Å². The molecule has 0 aliphatic rings. The molecule has 0 fully saturated rings. The average molecular weight is 201 g/mol. The van der Waals surface area contributed by atoms with Gasteiger partial charge < -0.3 is 0 Å². The summed E-state index contributed by atoms with van der Waals surface area (Å²) in [7, 11) is 0. The van der Waals surface area contributed by atoms with Crippen LogP contribution in [0, 0.1) is 11.6 Å². The molecular formula is C8H3ClF2N2. The van der Waals surface area contributed by atoms with Crippen molar-refractivity contribution in [3.63, 3.8) is 0 Å². The molecule has 0 saturated carbocycles. The van der Waals surface area contributed by atoms with Crippen molar-refractivity contribution in [1.82, 2.24) is 10.2 Å². The van der Waals surface area contributed by atoms with Crippen molar-refractivity contribution in [2.24, 2.45) is 0 Å². The lowest BCUT2D eigenvalue weighted by Crippen LogP contribution is -1.90. The van der Waals surface area contributed by atoms with E-state index in [2.05, 4.69) is 10.2 Å². The minimum absolute atomic E-state index is 0.0309. The molecule has 0 spiro atoms. The number of aromatic nitrogens is 2. The summed E-state index contributed by atoms with van der Waals surface area (Å²) in [6.07, 6.45) is 1.14. The Kier molecular flexibility index (Phi) is 1.84. The molecule has 0 bridgehead atoms. The third-order valence-corrected chi connectivity index (χ3v) is 1.94. The quantitative estimate of drug-likeness (QED) is 0.653. The van der Waals surface area contributed by atoms with E-state index < -0.39 is 11.6 Å². The molecule has 0 saturated heterocycles. The molecule has 0 aliphatic heterocycles. The summed E-state index contributed by atoms with van der Waals surface area (Å²) in [5.74, 6) is -1.16. The minimum atomic E-state index is -0.601. The molecule has 5 heteroatoms. The first-order valence-electron chi connectivity index (χ1n) is 3.45. The van der Waals surface area contributed by atoms with Gasteiger partial charge in [0.25, 0.3) is 0 Å². The lowest BCUT2D eigenvalue weighted by atomic mass is 10.2. The van der Waals surface area contributed by atoms with Crippen molar-refractivity contribution in [3.05, 3.63) is 35.1 Å². The van der Waals surface area contributed by atoms with Crippen LogP contribution < -0.4 is 0 Å². The van der Waals surface area contributed by atoms with Gasteiger partial charge in [-0.2, -0.15) is 5.10 Å². The molecule has 2 aromatic rings. The first kappa shape index (κ1) is 8.31. The van der Waals surface area contributed by atoms with Crippen LogP contribution in [-0.2, 0) is 0 Å². The van der Waals surface area contributed by atoms with Crippen molar-refractivity contribution < 1.29 is 8.78 Å². The molecule has 66 valence electrons. The highest BCUT2D eigenvalue weighted by Gasteiger charge is 2.10. The summed E-state index contributed by atoms with van der Waals surface area (Å²) in [5, 5.41) is 6.72. The predicted molar refractivity (Wildman–Crippen MR) is 44.5 cm³/mol. The predicted octanol–water partition coefficient (Wildman–Crippen LogP) is 2.56. The summed E-state index contributed by atoms with van der Waals surface area (Å²) in [6.45, 7) is 0. The van der Waals surface area contributed by atoms with Gasteiger partial charge in [-0.15, -0.1) is 5.10 Å². The molecule has 2 rings (SSSR count). The van der Waals surface area contributed by atoms with E-state index in [4.69, 9.17) is 11.6 Å². The second kappa shape index (κ2) is 2.88. The van der Waals surface area contributed by atoms with Crippen LogP contribution in [0.2, 0.25) is 5.15 Å². The number of benzene rings is 1. The van der Waals surface area contributed by atoms with Gasteiger partial charge in [0.1, 0.15) is 11.6 Å². The fourth-order valence-corrected chi connectivity index (χ4v) is 1.33. The van der Waals surface area contributed by atoms with E-state index in [1.165, 1.54) is 0 Å². The second-order valence-electron chi connectivity index (χ2n) is 2.45. The van der Waals surface area contributed by atoms with Gasteiger partial charge in [-0.1, -0.05) is 11.6 Å². The number of hydrogen-bond donors (Lipinski definition) is 0. The van der Waals surface area contributed by atoms with E-state index in [0.717, 1.165) is 18.3 Å². The number of nitrogens with zero attached hydrogens (tertiary/aromatic N) is 2. The molecule has 0 N–H and O–H groups in total. The van der Waals surface area contributed by atoms with E-state index in [0.29, 0.717) is 0 Å². The zero-order valence-electron chi connectivity index (χ0n) is 6.26. The maximum absolute atomic E-state index is 13.1. The van der Waals surface area contributed by atoms with Crippen molar-refractivity contribution in [2.75, 3.05) is 0 Å². The fraction of sp³-hybridized carbons (Fsp3) is 0. The Morgan fingerprint density at radius 3 is 2.54 bits per heavy atom. The summed E-state index contributed by atoms with van der Waals surface area (Å²) < 4.78 is 26.2. The van der Waals surface area contributed by atoms with Crippen molar-refractivity contribution in [1.29, 1.82) is 0 Å². The lowest BCUT2D eigenvalue weighted by Gasteiger charge is -2.00. The molecule has 0 unspecified atom stereocenters. The third kappa shape index (κ3) is 1.23. The van der Waals surface area contributed by atoms with Crippen LogP contribution in [-0.4, -0.2) is 10.2 Å². The Labute approximate surface area is 77.2 Å². The van der Waals surface area contributed by atoms with Crippen LogP contribution in [0.1, 0.15) is 0 Å². The van der Waals surface area contributed by atoms with Gasteiger partial charge in [0, 0.05) is 5.39 Å². The van der Waals surface area contributed by atoms with Gasteiger partial charge >= 0.3 is 0 Å². The Bertz CT molecular complexity index is 465. The number of halogens is 3. The maximum Gasteiger partial charge on any atom is 0.162 e. The summed E-state index contributed by atoms with van der Waals surface area (Å²) in [6, 6.07) is 2.03. The van der Waals surface area contributed by atoms with Crippen molar-refractivity contribution in [3.8, 4) is 0 Å². The topological polar surface area (TPSA) is 25.8 Å². The SMILES string of the molecule is Fc1ccc(F)c2c(Cl)nncc12. The fourth-order valence-electron chi connectivity index (χ4n) is 1.09. The van der Waals surface area contributed by atoms with Crippen molar-refractivity contribution >= 4 is 22.4 Å². The zero-order chi connectivity index (χ0) is 9.42. The molecule has 0 amide bonds. The summed E-state index contributed by atoms with van der Waals surface area (Å²) in [5.41, 5.74) is 0. The number of rotatable bonds is 0. The minimum Gasteiger partial charge on any atom is -0.206 e. The summed E-state index contributed by atoms with van der Waals surface area (Å²) >= 11 is 5.55. The van der Waals surface area contributed by atoms with Gasteiger partial charge in [0.15, 0.2) is 5.15 Å². The highest BCUT2D eigenvalue weighted by atomic mass is 35.5. The second-order valence-corrected chi connectivity index (χ2v) is 2.81. The Morgan fingerprint density at radius 2 is 1.85 bits per heavy atom. The van der Waals surface area contributed by atoms with Crippen LogP contribution in [0.25, 0.3) is 10.8 Å². The Morgan fingerprint density at radius 1 is 1.15 bits per heavy atom. The van der Waals surface area contributed by atoms with Gasteiger partial charge in [0.05, 0.1) is 11.6 Å². The van der Waals surface area contributed by atoms with Gasteiger partial charge in [-0.3, -0.25) is 0 Å². The highest BCUT2D eigenvalue weighted by Crippen LogP contribution is 2.24. The van der Waals surface area contributed by atoms with E-state index in [1.807, 2.05) is 0 Å². The molecule has 2 nitrogen and oxygen atoms in total. The Balaban J connectivity index is 3.00. The molecule has 0 aliphatic carbocycles. The van der Waals surface area contributed by atoms with Crippen LogP contribution in [0.4, 0.5) is 8.78 Å². The van der Waals surface area contributed by atoms with Crippen molar-refractivity contribution in [2.45, 2.75) is 0 Å². The zero-order valence-corrected chi connectivity index (χ0v) is 7.02. The average Bonchev–Trinajstić information content (AvgIpc) is 2.12. The molecule has 1 aromatic carbocycles. The molecular weight excluding hydrogens is 198 g/mol. The van der Waals surface area contributed by atoms with E-state index >= 15 is 0 Å². The number of fused-ring (bicyclic) bond motifs is 1. The van der Waals surface area contributed by atoms with Gasteiger partial charge in [-0.25, -0.2) is 8.78 Å². The molecule has 0 radical (unpaired) electrons. The smallest absolute Gasteiger partial charge is 0.162 e. The molecule has 0 atom stereocenters. The summed E-state index contributed by atoms with van der Waals surface area (Å²) in [4.78, 5) is 0.